The van der Waals surface area contributed by atoms with Gasteiger partial charge in [-0.15, -0.1) is 0 Å². The van der Waals surface area contributed by atoms with Crippen LogP contribution >= 0.6 is 34.2 Å². The highest BCUT2D eigenvalue weighted by molar-refractivity contribution is 14.1. The van der Waals surface area contributed by atoms with Crippen LogP contribution in [0.5, 0.6) is 0 Å². The standard InChI is InChI=1S/C6H2ClFINO2/c7-3-1-2-4(9)5(8)6(3)10(11)12/h1-2H. The van der Waals surface area contributed by atoms with Crippen molar-refractivity contribution in [3.8, 4) is 0 Å². The Morgan fingerprint density at radius 1 is 1.58 bits per heavy atom. The maximum absolute atomic E-state index is 13.0. The molecule has 6 heteroatoms. The van der Waals surface area contributed by atoms with Crippen molar-refractivity contribution in [1.29, 1.82) is 0 Å². The van der Waals surface area contributed by atoms with Crippen LogP contribution in [0.15, 0.2) is 12.1 Å². The van der Waals surface area contributed by atoms with Gasteiger partial charge in [-0.3, -0.25) is 10.1 Å². The lowest BCUT2D eigenvalue weighted by molar-refractivity contribution is -0.387. The first kappa shape index (κ1) is 9.66. The van der Waals surface area contributed by atoms with E-state index in [2.05, 4.69) is 0 Å². The second-order valence-electron chi connectivity index (χ2n) is 1.95. The van der Waals surface area contributed by atoms with Gasteiger partial charge in [0, 0.05) is 0 Å². The van der Waals surface area contributed by atoms with Crippen LogP contribution in [0.1, 0.15) is 0 Å². The van der Waals surface area contributed by atoms with Crippen molar-refractivity contribution in [3.05, 3.63) is 36.7 Å². The maximum Gasteiger partial charge on any atom is 0.324 e. The number of hydrogen-bond acceptors (Lipinski definition) is 2. The van der Waals surface area contributed by atoms with E-state index in [9.17, 15) is 14.5 Å². The molecular weight excluding hydrogens is 299 g/mol. The smallest absolute Gasteiger partial charge is 0.258 e. The van der Waals surface area contributed by atoms with E-state index in [4.69, 9.17) is 11.6 Å². The summed E-state index contributed by atoms with van der Waals surface area (Å²) < 4.78 is 13.2. The summed E-state index contributed by atoms with van der Waals surface area (Å²) in [6.45, 7) is 0. The molecule has 0 aliphatic heterocycles. The van der Waals surface area contributed by atoms with E-state index in [1.165, 1.54) is 12.1 Å². The molecule has 0 radical (unpaired) electrons. The summed E-state index contributed by atoms with van der Waals surface area (Å²) in [5.41, 5.74) is -0.663. The Kier molecular flexibility index (Phi) is 2.84. The van der Waals surface area contributed by atoms with Crippen LogP contribution in [0, 0.1) is 19.5 Å². The molecule has 0 aliphatic carbocycles. The molecule has 3 nitrogen and oxygen atoms in total. The average molecular weight is 301 g/mol. The molecule has 1 aromatic rings. The van der Waals surface area contributed by atoms with Gasteiger partial charge in [0.1, 0.15) is 5.02 Å². The Morgan fingerprint density at radius 2 is 2.17 bits per heavy atom. The third kappa shape index (κ3) is 1.66. The Balaban J connectivity index is 3.43. The van der Waals surface area contributed by atoms with E-state index < -0.39 is 16.4 Å². The topological polar surface area (TPSA) is 43.1 Å². The normalized spacial score (nSPS) is 9.92. The van der Waals surface area contributed by atoms with Gasteiger partial charge in [-0.25, -0.2) is 0 Å². The first-order chi connectivity index (χ1) is 5.54. The molecule has 0 bridgehead atoms. The largest absolute Gasteiger partial charge is 0.324 e. The fourth-order valence-corrected chi connectivity index (χ4v) is 1.33. The highest BCUT2D eigenvalue weighted by Crippen LogP contribution is 2.29. The van der Waals surface area contributed by atoms with Crippen LogP contribution in [-0.2, 0) is 0 Å². The highest BCUT2D eigenvalue weighted by Gasteiger charge is 2.21. The fraction of sp³-hybridized carbons (Fsp3) is 0. The quantitative estimate of drug-likeness (QED) is 0.346. The van der Waals surface area contributed by atoms with Crippen LogP contribution < -0.4 is 0 Å². The third-order valence-corrected chi connectivity index (χ3v) is 2.34. The minimum absolute atomic E-state index is 0.182. The molecule has 0 N–H and O–H groups in total. The van der Waals surface area contributed by atoms with Gasteiger partial charge in [0.15, 0.2) is 0 Å². The minimum atomic E-state index is -0.881. The summed E-state index contributed by atoms with van der Waals surface area (Å²) in [7, 11) is 0. The fourth-order valence-electron chi connectivity index (χ4n) is 0.684. The molecule has 1 rings (SSSR count). The summed E-state index contributed by atoms with van der Waals surface area (Å²) in [6, 6.07) is 2.68. The number of nitro groups is 1. The van der Waals surface area contributed by atoms with Gasteiger partial charge in [-0.2, -0.15) is 4.39 Å². The van der Waals surface area contributed by atoms with Crippen molar-refractivity contribution >= 4 is 39.9 Å². The van der Waals surface area contributed by atoms with E-state index in [-0.39, 0.29) is 8.59 Å². The van der Waals surface area contributed by atoms with Crippen LogP contribution in [0.4, 0.5) is 10.1 Å². The molecule has 0 heterocycles. The third-order valence-electron chi connectivity index (χ3n) is 1.20. The number of halogens is 3. The van der Waals surface area contributed by atoms with Gasteiger partial charge in [-0.1, -0.05) is 11.6 Å². The Hall–Kier alpha value is -0.430. The summed E-state index contributed by atoms with van der Waals surface area (Å²) in [5, 5.41) is 10.1. The summed E-state index contributed by atoms with van der Waals surface area (Å²) in [5.74, 6) is -0.881. The Morgan fingerprint density at radius 3 is 2.58 bits per heavy atom. The molecule has 0 aromatic heterocycles. The zero-order valence-corrected chi connectivity index (χ0v) is 8.47. The zero-order chi connectivity index (χ0) is 9.30. The van der Waals surface area contributed by atoms with Crippen molar-refractivity contribution in [2.45, 2.75) is 0 Å². The SMILES string of the molecule is O=[N+]([O-])c1c(Cl)ccc(I)c1F. The number of nitro benzene ring substituents is 1. The molecule has 0 unspecified atom stereocenters. The van der Waals surface area contributed by atoms with Gasteiger partial charge in [0.2, 0.25) is 5.82 Å². The van der Waals surface area contributed by atoms with E-state index in [1.807, 2.05) is 0 Å². The molecule has 64 valence electrons. The molecule has 0 atom stereocenters. The molecule has 12 heavy (non-hydrogen) atoms. The van der Waals surface area contributed by atoms with Gasteiger partial charge in [0.05, 0.1) is 8.49 Å². The molecule has 0 fully saturated rings. The van der Waals surface area contributed by atoms with Gasteiger partial charge >= 0.3 is 5.69 Å². The monoisotopic (exact) mass is 301 g/mol. The van der Waals surface area contributed by atoms with E-state index in [1.54, 1.807) is 22.6 Å². The van der Waals surface area contributed by atoms with Crippen LogP contribution in [-0.4, -0.2) is 4.92 Å². The lowest BCUT2D eigenvalue weighted by atomic mass is 10.3. The highest BCUT2D eigenvalue weighted by atomic mass is 127. The molecular formula is C6H2ClFINO2. The van der Waals surface area contributed by atoms with Crippen molar-refractivity contribution in [1.82, 2.24) is 0 Å². The Labute approximate surface area is 85.8 Å². The summed E-state index contributed by atoms with van der Waals surface area (Å²) >= 11 is 7.07. The number of nitrogens with zero attached hydrogens (tertiary/aromatic N) is 1. The molecule has 0 spiro atoms. The lowest BCUT2D eigenvalue weighted by Gasteiger charge is -1.97. The van der Waals surface area contributed by atoms with E-state index in [0.717, 1.165) is 0 Å². The van der Waals surface area contributed by atoms with E-state index in [0.29, 0.717) is 0 Å². The number of rotatable bonds is 1. The van der Waals surface area contributed by atoms with Crippen molar-refractivity contribution in [2.24, 2.45) is 0 Å². The van der Waals surface area contributed by atoms with Crippen molar-refractivity contribution in [3.63, 3.8) is 0 Å². The van der Waals surface area contributed by atoms with Crippen molar-refractivity contribution in [2.75, 3.05) is 0 Å². The number of hydrogen-bond donors (Lipinski definition) is 0. The Bertz CT molecular complexity index is 345. The van der Waals surface area contributed by atoms with Crippen molar-refractivity contribution < 1.29 is 9.31 Å². The number of benzene rings is 1. The van der Waals surface area contributed by atoms with Gasteiger partial charge in [0.25, 0.3) is 0 Å². The predicted molar refractivity (Wildman–Crippen MR) is 50.8 cm³/mol. The molecule has 0 saturated carbocycles. The molecule has 0 saturated heterocycles. The lowest BCUT2D eigenvalue weighted by Crippen LogP contribution is -1.95. The average Bonchev–Trinajstić information content (AvgIpc) is 1.97. The zero-order valence-electron chi connectivity index (χ0n) is 5.55. The van der Waals surface area contributed by atoms with Crippen LogP contribution in [0.25, 0.3) is 0 Å². The second kappa shape index (κ2) is 3.53. The minimum Gasteiger partial charge on any atom is -0.258 e. The van der Waals surface area contributed by atoms with Gasteiger partial charge < -0.3 is 0 Å². The van der Waals surface area contributed by atoms with E-state index >= 15 is 0 Å². The molecule has 1 aromatic carbocycles. The molecule has 0 amide bonds. The predicted octanol–water partition coefficient (Wildman–Crippen LogP) is 2.99. The molecule has 0 aliphatic rings. The maximum atomic E-state index is 13.0. The first-order valence-electron chi connectivity index (χ1n) is 2.82. The summed E-state index contributed by atoms with van der Waals surface area (Å²) in [6.07, 6.45) is 0. The van der Waals surface area contributed by atoms with Crippen LogP contribution in [0.3, 0.4) is 0 Å². The van der Waals surface area contributed by atoms with Gasteiger partial charge in [-0.05, 0) is 34.7 Å². The second-order valence-corrected chi connectivity index (χ2v) is 3.52. The first-order valence-corrected chi connectivity index (χ1v) is 4.27. The van der Waals surface area contributed by atoms with Crippen LogP contribution in [0.2, 0.25) is 5.02 Å². The summed E-state index contributed by atoms with van der Waals surface area (Å²) in [4.78, 5) is 9.44.